The van der Waals surface area contributed by atoms with E-state index in [1.807, 2.05) is 14.0 Å². The first-order valence-corrected chi connectivity index (χ1v) is 4.44. The maximum Gasteiger partial charge on any atom is 0.120 e. The molecule has 1 N–H and O–H groups in total. The van der Waals surface area contributed by atoms with Gasteiger partial charge in [0.25, 0.3) is 0 Å². The Morgan fingerprint density at radius 1 is 1.62 bits per heavy atom. The largest absolute Gasteiger partial charge is 0.383 e. The lowest BCUT2D eigenvalue weighted by Crippen LogP contribution is -2.38. The maximum absolute atomic E-state index is 10.2. The van der Waals surface area contributed by atoms with Crippen molar-refractivity contribution in [3.63, 3.8) is 0 Å². The number of methoxy groups -OCH3 is 1. The van der Waals surface area contributed by atoms with Crippen molar-refractivity contribution in [1.82, 2.24) is 4.90 Å². The molecule has 78 valence electrons. The minimum atomic E-state index is -0.569. The first-order chi connectivity index (χ1) is 6.13. The minimum Gasteiger partial charge on any atom is -0.383 e. The number of aldehydes is 1. The van der Waals surface area contributed by atoms with Crippen LogP contribution in [-0.2, 0) is 9.53 Å². The highest BCUT2D eigenvalue weighted by molar-refractivity contribution is 5.49. The predicted molar refractivity (Wildman–Crippen MR) is 50.4 cm³/mol. The van der Waals surface area contributed by atoms with Crippen LogP contribution >= 0.6 is 0 Å². The summed E-state index contributed by atoms with van der Waals surface area (Å²) in [6, 6.07) is 0. The van der Waals surface area contributed by atoms with Gasteiger partial charge in [0.2, 0.25) is 0 Å². The number of aliphatic hydroxyl groups is 1. The van der Waals surface area contributed by atoms with Gasteiger partial charge in [-0.2, -0.15) is 0 Å². The van der Waals surface area contributed by atoms with E-state index in [4.69, 9.17) is 4.74 Å². The average molecular weight is 189 g/mol. The topological polar surface area (TPSA) is 49.8 Å². The van der Waals surface area contributed by atoms with Crippen LogP contribution in [0.25, 0.3) is 0 Å². The van der Waals surface area contributed by atoms with Gasteiger partial charge in [-0.1, -0.05) is 6.92 Å². The molecule has 13 heavy (non-hydrogen) atoms. The second-order valence-electron chi connectivity index (χ2n) is 3.27. The molecule has 0 aromatic rings. The van der Waals surface area contributed by atoms with Crippen LogP contribution in [0.2, 0.25) is 0 Å². The summed E-state index contributed by atoms with van der Waals surface area (Å²) in [7, 11) is 3.43. The standard InChI is InChI=1S/C9H19NO3/c1-8(4-6-11)9(12)10(2)5-7-13-3/h6,8-9,12H,4-5,7H2,1-3H3. The first-order valence-electron chi connectivity index (χ1n) is 4.44. The molecule has 0 bridgehead atoms. The molecule has 0 radical (unpaired) electrons. The number of hydrogen-bond acceptors (Lipinski definition) is 4. The number of carbonyl (C=O) groups excluding carboxylic acids is 1. The molecule has 0 amide bonds. The van der Waals surface area contributed by atoms with Gasteiger partial charge >= 0.3 is 0 Å². The molecule has 0 saturated carbocycles. The maximum atomic E-state index is 10.2. The lowest BCUT2D eigenvalue weighted by atomic mass is 10.1. The van der Waals surface area contributed by atoms with Gasteiger partial charge in [-0.3, -0.25) is 4.90 Å². The van der Waals surface area contributed by atoms with Crippen molar-refractivity contribution in [3.05, 3.63) is 0 Å². The third kappa shape index (κ3) is 4.98. The molecule has 0 aliphatic carbocycles. The summed E-state index contributed by atoms with van der Waals surface area (Å²) in [4.78, 5) is 12.0. The van der Waals surface area contributed by atoms with Gasteiger partial charge < -0.3 is 14.6 Å². The lowest BCUT2D eigenvalue weighted by molar-refractivity contribution is -0.111. The fourth-order valence-corrected chi connectivity index (χ4v) is 1.08. The Morgan fingerprint density at radius 2 is 2.23 bits per heavy atom. The van der Waals surface area contributed by atoms with Crippen molar-refractivity contribution in [3.8, 4) is 0 Å². The smallest absolute Gasteiger partial charge is 0.120 e. The zero-order valence-electron chi connectivity index (χ0n) is 8.56. The van der Waals surface area contributed by atoms with E-state index in [9.17, 15) is 9.90 Å². The lowest BCUT2D eigenvalue weighted by Gasteiger charge is -2.27. The van der Waals surface area contributed by atoms with Gasteiger partial charge in [0.15, 0.2) is 0 Å². The molecule has 0 rings (SSSR count). The van der Waals surface area contributed by atoms with Gasteiger partial charge in [-0.05, 0) is 7.05 Å². The summed E-state index contributed by atoms with van der Waals surface area (Å²) in [5.74, 6) is -0.0284. The molecule has 0 saturated heterocycles. The average Bonchev–Trinajstić information content (AvgIpc) is 2.13. The summed E-state index contributed by atoms with van der Waals surface area (Å²) in [5.41, 5.74) is 0. The molecule has 0 fully saturated rings. The van der Waals surface area contributed by atoms with E-state index in [0.717, 1.165) is 6.29 Å². The molecule has 0 aromatic carbocycles. The molecule has 0 spiro atoms. The van der Waals surface area contributed by atoms with Crippen LogP contribution < -0.4 is 0 Å². The highest BCUT2D eigenvalue weighted by Gasteiger charge is 2.17. The molecule has 0 aliphatic rings. The van der Waals surface area contributed by atoms with Crippen LogP contribution in [0.1, 0.15) is 13.3 Å². The number of ether oxygens (including phenoxy) is 1. The van der Waals surface area contributed by atoms with E-state index >= 15 is 0 Å². The van der Waals surface area contributed by atoms with Crippen LogP contribution in [0, 0.1) is 5.92 Å². The zero-order valence-corrected chi connectivity index (χ0v) is 8.56. The van der Waals surface area contributed by atoms with Crippen LogP contribution in [0.5, 0.6) is 0 Å². The summed E-state index contributed by atoms with van der Waals surface area (Å²) in [6.07, 6.45) is 0.650. The second-order valence-corrected chi connectivity index (χ2v) is 3.27. The Bertz CT molecular complexity index is 141. The highest BCUT2D eigenvalue weighted by atomic mass is 16.5. The highest BCUT2D eigenvalue weighted by Crippen LogP contribution is 2.09. The Morgan fingerprint density at radius 3 is 2.69 bits per heavy atom. The number of carbonyl (C=O) groups is 1. The molecule has 0 heterocycles. The van der Waals surface area contributed by atoms with Crippen molar-refractivity contribution >= 4 is 6.29 Å². The SMILES string of the molecule is COCCN(C)C(O)C(C)CC=O. The third-order valence-electron chi connectivity index (χ3n) is 2.08. The van der Waals surface area contributed by atoms with E-state index in [2.05, 4.69) is 0 Å². The van der Waals surface area contributed by atoms with Gasteiger partial charge in [-0.25, -0.2) is 0 Å². The van der Waals surface area contributed by atoms with Gasteiger partial charge in [-0.15, -0.1) is 0 Å². The zero-order chi connectivity index (χ0) is 10.3. The summed E-state index contributed by atoms with van der Waals surface area (Å²) in [5, 5.41) is 9.66. The van der Waals surface area contributed by atoms with Crippen molar-refractivity contribution in [2.75, 3.05) is 27.3 Å². The molecule has 4 heteroatoms. The van der Waals surface area contributed by atoms with Gasteiger partial charge in [0.1, 0.15) is 12.5 Å². The third-order valence-corrected chi connectivity index (χ3v) is 2.08. The molecule has 0 aliphatic heterocycles. The van der Waals surface area contributed by atoms with Crippen molar-refractivity contribution in [2.24, 2.45) is 5.92 Å². The van der Waals surface area contributed by atoms with Crippen LogP contribution in [0.15, 0.2) is 0 Å². The van der Waals surface area contributed by atoms with E-state index in [-0.39, 0.29) is 5.92 Å². The number of nitrogens with zero attached hydrogens (tertiary/aromatic N) is 1. The summed E-state index contributed by atoms with van der Waals surface area (Å²) < 4.78 is 4.88. The molecule has 2 unspecified atom stereocenters. The Hall–Kier alpha value is -0.450. The Balaban J connectivity index is 3.78. The number of hydrogen-bond donors (Lipinski definition) is 1. The van der Waals surface area contributed by atoms with E-state index in [1.165, 1.54) is 0 Å². The molecule has 4 nitrogen and oxygen atoms in total. The number of aliphatic hydroxyl groups excluding tert-OH is 1. The fraction of sp³-hybridized carbons (Fsp3) is 0.889. The molecule has 2 atom stereocenters. The van der Waals surface area contributed by atoms with Crippen molar-refractivity contribution < 1.29 is 14.6 Å². The van der Waals surface area contributed by atoms with Gasteiger partial charge in [0.05, 0.1) is 6.61 Å². The second kappa shape index (κ2) is 7.00. The quantitative estimate of drug-likeness (QED) is 0.456. The molecular weight excluding hydrogens is 170 g/mol. The molecule has 0 aromatic heterocycles. The molecular formula is C9H19NO3. The van der Waals surface area contributed by atoms with Crippen molar-refractivity contribution in [2.45, 2.75) is 19.6 Å². The number of rotatable bonds is 7. The monoisotopic (exact) mass is 189 g/mol. The van der Waals surface area contributed by atoms with E-state index in [1.54, 1.807) is 12.0 Å². The Labute approximate surface area is 79.5 Å². The van der Waals surface area contributed by atoms with Crippen LogP contribution in [-0.4, -0.2) is 49.8 Å². The van der Waals surface area contributed by atoms with Crippen LogP contribution in [0.3, 0.4) is 0 Å². The number of likely N-dealkylation sites (N-methyl/N-ethyl adjacent to an activating group) is 1. The summed E-state index contributed by atoms with van der Waals surface area (Å²) in [6.45, 7) is 3.10. The van der Waals surface area contributed by atoms with E-state index < -0.39 is 6.23 Å². The van der Waals surface area contributed by atoms with Gasteiger partial charge in [0, 0.05) is 26.0 Å². The first kappa shape index (κ1) is 12.6. The minimum absolute atomic E-state index is 0.0284. The van der Waals surface area contributed by atoms with E-state index in [0.29, 0.717) is 19.6 Å². The summed E-state index contributed by atoms with van der Waals surface area (Å²) >= 11 is 0. The normalized spacial score (nSPS) is 15.8. The fourth-order valence-electron chi connectivity index (χ4n) is 1.08. The predicted octanol–water partition coefficient (Wildman–Crippen LogP) is 0.108. The Kier molecular flexibility index (Phi) is 6.76. The van der Waals surface area contributed by atoms with Crippen molar-refractivity contribution in [1.29, 1.82) is 0 Å². The van der Waals surface area contributed by atoms with Crippen LogP contribution in [0.4, 0.5) is 0 Å².